The van der Waals surface area contributed by atoms with Crippen molar-refractivity contribution in [1.82, 2.24) is 0 Å². The molecule has 31 heteroatoms. The Labute approximate surface area is 472 Å². The van der Waals surface area contributed by atoms with E-state index in [1.807, 2.05) is 0 Å². The molecule has 6 N–H and O–H groups in total. The molecule has 0 radical (unpaired) electrons. The number of methoxy groups -OCH3 is 2. The Kier molecular flexibility index (Phi) is 20.5. The summed E-state index contributed by atoms with van der Waals surface area (Å²) >= 11 is 0. The van der Waals surface area contributed by atoms with Gasteiger partial charge in [0.05, 0.1) is 61.7 Å². The highest BCUT2D eigenvalue weighted by atomic mass is 32.2. The van der Waals surface area contributed by atoms with E-state index in [9.17, 15) is 47.6 Å². The van der Waals surface area contributed by atoms with Gasteiger partial charge in [-0.15, -0.1) is 20.5 Å². The molecule has 0 unspecified atom stereocenters. The number of hydrogen-bond acceptors (Lipinski definition) is 21. The second-order valence-corrected chi connectivity index (χ2v) is 24.0. The van der Waals surface area contributed by atoms with Crippen molar-refractivity contribution < 1.29 is 75.6 Å². The van der Waals surface area contributed by atoms with Gasteiger partial charge in [-0.1, -0.05) is 0 Å². The molecule has 0 atom stereocenters. The molecule has 0 saturated carbocycles. The summed E-state index contributed by atoms with van der Waals surface area (Å²) in [5.41, 5.74) is 6.33. The fraction of sp³-hybridized carbons (Fsp3) is 0.275. The first kappa shape index (κ1) is 63.0. The van der Waals surface area contributed by atoms with Gasteiger partial charge in [0.2, 0.25) is 0 Å². The normalized spacial score (nSPS) is 12.4. The number of rotatable bonds is 24. The van der Waals surface area contributed by atoms with Crippen LogP contribution in [0.1, 0.15) is 46.2 Å². The summed E-state index contributed by atoms with van der Waals surface area (Å²) in [5.74, 6) is -0.548. The molecule has 6 aromatic rings. The van der Waals surface area contributed by atoms with Crippen molar-refractivity contribution in [3.63, 3.8) is 0 Å². The number of aryl methyl sites for hydroxylation is 6. The molecule has 0 spiro atoms. The minimum Gasteiger partial charge on any atom is -0.494 e. The molecular formula is C51H56N10O17S4. The maximum Gasteiger partial charge on any atom is 0.323 e. The zero-order chi connectivity index (χ0) is 60.3. The Morgan fingerprint density at radius 2 is 0.707 bits per heavy atom. The fourth-order valence-corrected chi connectivity index (χ4v) is 9.66. The molecule has 436 valence electrons. The second kappa shape index (κ2) is 26.6. The van der Waals surface area contributed by atoms with Crippen molar-refractivity contribution in [3.8, 4) is 23.0 Å². The molecule has 0 aliphatic heterocycles. The van der Waals surface area contributed by atoms with Crippen molar-refractivity contribution >= 4 is 103 Å². The number of ether oxygens (including phenoxy) is 4. The molecule has 0 aliphatic rings. The van der Waals surface area contributed by atoms with E-state index in [1.54, 1.807) is 90.1 Å². The van der Waals surface area contributed by atoms with Gasteiger partial charge in [-0.3, -0.25) is 18.2 Å². The van der Waals surface area contributed by atoms with E-state index in [0.29, 0.717) is 78.9 Å². The average molecular weight is 1210 g/mol. The molecule has 0 aliphatic carbocycles. The number of carbonyl (C=O) groups is 1. The molecule has 0 saturated heterocycles. The summed E-state index contributed by atoms with van der Waals surface area (Å²) < 4.78 is 152. The number of hydrogen-bond donors (Lipinski definition) is 6. The molecule has 6 aromatic carbocycles. The molecule has 0 fully saturated rings. The van der Waals surface area contributed by atoms with Gasteiger partial charge in [-0.05, 0) is 148 Å². The Balaban J connectivity index is 1.11. The highest BCUT2D eigenvalue weighted by molar-refractivity contribution is 7.86. The van der Waals surface area contributed by atoms with E-state index in [1.165, 1.54) is 38.5 Å². The van der Waals surface area contributed by atoms with Crippen LogP contribution in [0.4, 0.5) is 61.7 Å². The van der Waals surface area contributed by atoms with E-state index in [4.69, 9.17) is 28.1 Å². The van der Waals surface area contributed by atoms with Crippen LogP contribution < -0.4 is 29.6 Å². The third-order valence-electron chi connectivity index (χ3n) is 11.7. The fourth-order valence-electron chi connectivity index (χ4n) is 7.42. The molecule has 2 amide bonds. The lowest BCUT2D eigenvalue weighted by molar-refractivity contribution is 0.262. The molecule has 0 bridgehead atoms. The predicted octanol–water partition coefficient (Wildman–Crippen LogP) is 12.7. The van der Waals surface area contributed by atoms with Crippen molar-refractivity contribution in [2.24, 2.45) is 40.9 Å². The molecular weight excluding hydrogens is 1150 g/mol. The molecule has 0 aromatic heterocycles. The van der Waals surface area contributed by atoms with Crippen molar-refractivity contribution in [2.45, 2.75) is 64.2 Å². The van der Waals surface area contributed by atoms with Crippen molar-refractivity contribution in [1.29, 1.82) is 0 Å². The lowest BCUT2D eigenvalue weighted by Gasteiger charge is -2.15. The van der Waals surface area contributed by atoms with Crippen LogP contribution in [-0.4, -0.2) is 96.9 Å². The van der Waals surface area contributed by atoms with Crippen LogP contribution in [0, 0.1) is 41.5 Å². The first-order valence-corrected chi connectivity index (χ1v) is 30.2. The minimum atomic E-state index is -4.80. The van der Waals surface area contributed by atoms with Crippen LogP contribution in [0.2, 0.25) is 0 Å². The largest absolute Gasteiger partial charge is 0.494 e. The van der Waals surface area contributed by atoms with Crippen LogP contribution in [-0.2, 0) is 40.5 Å². The molecule has 0 heterocycles. The van der Waals surface area contributed by atoms with Gasteiger partial charge in [0.25, 0.3) is 40.5 Å². The zero-order valence-corrected chi connectivity index (χ0v) is 48.4. The average Bonchev–Trinajstić information content (AvgIpc) is 3.55. The summed E-state index contributed by atoms with van der Waals surface area (Å²) in [7, 11) is -15.2. The quantitative estimate of drug-likeness (QED) is 0.0186. The number of nitrogens with one attached hydrogen (secondary N) is 2. The zero-order valence-electron chi connectivity index (χ0n) is 45.1. The van der Waals surface area contributed by atoms with Crippen LogP contribution in [0.15, 0.2) is 136 Å². The Morgan fingerprint density at radius 1 is 0.415 bits per heavy atom. The standard InChI is InChI=1S/C51H56N10O17S4/c1-29-23-45(60-58-43-21-31(3)41(19-33(43)5)56-54-37-13-11-35(25-49(37)81(69,70)71)77-15-9-17-79(63,64)65)47(75-7)27-39(29)52-51(62)53-40-28-48(76-8)46(24-30(40)2)61-59-44-22-32(4)42(20-34(44)6)57-55-38-14-12-36(26-50(38)82(72,73)74)78-16-10-18-80(66,67)68/h11-14,19-28H,9-10,15-18H2,1-8H3,(H2,52,53,62)(H,63,64,65)(H,66,67,68)(H,69,70,71)(H,72,73,74). The summed E-state index contributed by atoms with van der Waals surface area (Å²) in [6.07, 6.45) is -0.145. The second-order valence-electron chi connectivity index (χ2n) is 18.1. The van der Waals surface area contributed by atoms with E-state index in [-0.39, 0.29) is 60.4 Å². The first-order valence-electron chi connectivity index (χ1n) is 24.1. The van der Waals surface area contributed by atoms with Crippen LogP contribution >= 0.6 is 0 Å². The Morgan fingerprint density at radius 3 is 1.00 bits per heavy atom. The van der Waals surface area contributed by atoms with Gasteiger partial charge in [-0.2, -0.15) is 54.1 Å². The van der Waals surface area contributed by atoms with Crippen molar-refractivity contribution in [3.05, 3.63) is 118 Å². The highest BCUT2D eigenvalue weighted by Crippen LogP contribution is 2.40. The SMILES string of the molecule is COc1cc(NC(=O)Nc2cc(OC)c(N=Nc3cc(C)c(N=Nc4ccc(OCCCS(=O)(=O)O)cc4S(=O)(=O)O)cc3C)cc2C)c(C)cc1N=Nc1cc(C)c(N=Nc2ccc(OCCCS(=O)(=O)O)cc2S(=O)(=O)O)cc1C. The number of anilines is 2. The van der Waals surface area contributed by atoms with Gasteiger partial charge in [0, 0.05) is 35.6 Å². The van der Waals surface area contributed by atoms with Gasteiger partial charge in [-0.25, -0.2) is 4.79 Å². The number of azo groups is 4. The van der Waals surface area contributed by atoms with Gasteiger partial charge in [0.15, 0.2) is 0 Å². The number of amides is 2. The lowest BCUT2D eigenvalue weighted by Crippen LogP contribution is -2.20. The van der Waals surface area contributed by atoms with Crippen molar-refractivity contribution in [2.75, 3.05) is 49.6 Å². The molecule has 27 nitrogen and oxygen atoms in total. The predicted molar refractivity (Wildman–Crippen MR) is 302 cm³/mol. The third kappa shape index (κ3) is 17.9. The lowest BCUT2D eigenvalue weighted by atomic mass is 10.1. The van der Waals surface area contributed by atoms with E-state index in [2.05, 4.69) is 51.5 Å². The summed E-state index contributed by atoms with van der Waals surface area (Å²) in [4.78, 5) is 12.3. The van der Waals surface area contributed by atoms with E-state index in [0.717, 1.165) is 12.1 Å². The monoisotopic (exact) mass is 1210 g/mol. The van der Waals surface area contributed by atoms with Crippen LogP contribution in [0.5, 0.6) is 23.0 Å². The summed E-state index contributed by atoms with van der Waals surface area (Å²) in [6.45, 7) is 10.1. The number of urea groups is 1. The van der Waals surface area contributed by atoms with E-state index >= 15 is 0 Å². The topological polar surface area (TPSA) is 394 Å². The summed E-state index contributed by atoms with van der Waals surface area (Å²) in [5, 5.41) is 39.9. The third-order valence-corrected chi connectivity index (χ3v) is 15.1. The van der Waals surface area contributed by atoms with Crippen LogP contribution in [0.25, 0.3) is 0 Å². The summed E-state index contributed by atoms with van der Waals surface area (Å²) in [6, 6.07) is 19.9. The number of nitrogens with zero attached hydrogens (tertiary/aromatic N) is 8. The minimum absolute atomic E-state index is 0.00330. The number of carbonyl (C=O) groups excluding carboxylic acids is 1. The Hall–Kier alpha value is -8.17. The van der Waals surface area contributed by atoms with Gasteiger partial charge >= 0.3 is 6.03 Å². The first-order chi connectivity index (χ1) is 38.4. The number of benzene rings is 6. The smallest absolute Gasteiger partial charge is 0.323 e. The molecule has 82 heavy (non-hydrogen) atoms. The van der Waals surface area contributed by atoms with E-state index < -0.39 is 67.8 Å². The maximum atomic E-state index is 13.5. The maximum absolute atomic E-state index is 13.5. The van der Waals surface area contributed by atoms with Gasteiger partial charge < -0.3 is 29.6 Å². The highest BCUT2D eigenvalue weighted by Gasteiger charge is 2.21. The van der Waals surface area contributed by atoms with Gasteiger partial charge in [0.1, 0.15) is 55.5 Å². The van der Waals surface area contributed by atoms with Crippen LogP contribution in [0.3, 0.4) is 0 Å². The Bertz CT molecular complexity index is 3770. The molecule has 6 rings (SSSR count).